The Balaban J connectivity index is 0.988. The topological polar surface area (TPSA) is 105 Å². The zero-order valence-electron chi connectivity index (χ0n) is 21.8. The van der Waals surface area contributed by atoms with Crippen LogP contribution in [0, 0.1) is 5.41 Å². The average molecular weight is 554 g/mol. The molecule has 1 unspecified atom stereocenters. The van der Waals surface area contributed by atoms with Gasteiger partial charge in [-0.25, -0.2) is 0 Å². The third-order valence-electron chi connectivity index (χ3n) is 8.04. The van der Waals surface area contributed by atoms with Crippen LogP contribution < -0.4 is 15.4 Å². The maximum Gasteiger partial charge on any atom is 0.251 e. The lowest BCUT2D eigenvalue weighted by Gasteiger charge is -2.27. The first-order valence-corrected chi connectivity index (χ1v) is 14.1. The molecule has 2 aromatic heterocycles. The highest BCUT2D eigenvalue weighted by Gasteiger charge is 2.64. The van der Waals surface area contributed by atoms with Crippen molar-refractivity contribution in [3.63, 3.8) is 0 Å². The molecule has 2 aromatic carbocycles. The van der Waals surface area contributed by atoms with Gasteiger partial charge in [0.1, 0.15) is 17.5 Å². The van der Waals surface area contributed by atoms with Gasteiger partial charge in [-0.3, -0.25) is 19.4 Å². The molecule has 4 heterocycles. The van der Waals surface area contributed by atoms with Crippen LogP contribution in [0.3, 0.4) is 0 Å². The molecule has 2 fully saturated rings. The molecular formula is C30H27N5O4S. The normalized spacial score (nSPS) is 22.1. The second kappa shape index (κ2) is 9.41. The number of nitrogens with one attached hydrogen (secondary N) is 2. The van der Waals surface area contributed by atoms with Crippen molar-refractivity contribution in [2.24, 2.45) is 5.41 Å². The van der Waals surface area contributed by atoms with Crippen LogP contribution in [0.2, 0.25) is 0 Å². The number of ether oxygens (including phenoxy) is 1. The van der Waals surface area contributed by atoms with Crippen LogP contribution in [0.5, 0.6) is 11.5 Å². The summed E-state index contributed by atoms with van der Waals surface area (Å²) in [6.45, 7) is 2.30. The van der Waals surface area contributed by atoms with Crippen molar-refractivity contribution < 1.29 is 19.1 Å². The fraction of sp³-hybridized carbons (Fsp3) is 0.267. The van der Waals surface area contributed by atoms with Crippen LogP contribution in [0.4, 0.5) is 0 Å². The van der Waals surface area contributed by atoms with Crippen LogP contribution in [0.1, 0.15) is 35.7 Å². The van der Waals surface area contributed by atoms with E-state index in [-0.39, 0.29) is 35.7 Å². The summed E-state index contributed by atoms with van der Waals surface area (Å²) < 4.78 is 7.94. The molecule has 0 radical (unpaired) electrons. The van der Waals surface area contributed by atoms with Crippen molar-refractivity contribution in [3.8, 4) is 11.5 Å². The smallest absolute Gasteiger partial charge is 0.251 e. The number of rotatable bonds is 6. The Labute approximate surface area is 234 Å². The number of likely N-dealkylation sites (tertiary alicyclic amines) is 1. The van der Waals surface area contributed by atoms with Crippen molar-refractivity contribution in [1.82, 2.24) is 24.9 Å². The molecule has 4 aromatic rings. The molecule has 3 amide bonds. The summed E-state index contributed by atoms with van der Waals surface area (Å²) in [6, 6.07) is 14.5. The van der Waals surface area contributed by atoms with Crippen molar-refractivity contribution >= 4 is 35.0 Å². The fourth-order valence-electron chi connectivity index (χ4n) is 5.80. The first kappa shape index (κ1) is 24.7. The molecule has 0 bridgehead atoms. The van der Waals surface area contributed by atoms with Gasteiger partial charge in [0.25, 0.3) is 5.91 Å². The molecule has 1 saturated carbocycles. The van der Waals surface area contributed by atoms with Gasteiger partial charge < -0.3 is 24.7 Å². The van der Waals surface area contributed by atoms with E-state index < -0.39 is 6.04 Å². The molecule has 2 aliphatic heterocycles. The highest BCUT2D eigenvalue weighted by molar-refractivity contribution is 7.99. The minimum absolute atomic E-state index is 0.0185. The van der Waals surface area contributed by atoms with Crippen LogP contribution in [-0.4, -0.2) is 50.6 Å². The van der Waals surface area contributed by atoms with Crippen molar-refractivity contribution in [2.75, 3.05) is 6.54 Å². The quantitative estimate of drug-likeness (QED) is 0.329. The van der Waals surface area contributed by atoms with Gasteiger partial charge in [-0.2, -0.15) is 0 Å². The minimum Gasteiger partial charge on any atom is -0.455 e. The number of aromatic nitrogens is 2. The summed E-state index contributed by atoms with van der Waals surface area (Å²) in [5.41, 5.74) is 2.26. The molecule has 9 nitrogen and oxygen atoms in total. The first-order chi connectivity index (χ1) is 19.4. The Morgan fingerprint density at radius 2 is 1.93 bits per heavy atom. The number of para-hydroxylation sites is 1. The number of nitrogens with zero attached hydrogens (tertiary/aromatic N) is 3. The maximum absolute atomic E-state index is 13.3. The zero-order valence-corrected chi connectivity index (χ0v) is 22.6. The number of fused-ring (bicyclic) bond motifs is 4. The SMILES string of the molecule is C[C@]12CC1N(C(=O)CNC(=O)c1ccc3c(c1)Oc1ccccc1S3)[C@H](C(=O)NCc1cc3cnccn3c1)C2. The lowest BCUT2D eigenvalue weighted by Crippen LogP contribution is -2.50. The number of piperidine rings is 1. The van der Waals surface area contributed by atoms with Crippen LogP contribution >= 0.6 is 11.8 Å². The Morgan fingerprint density at radius 3 is 2.80 bits per heavy atom. The predicted octanol–water partition coefficient (Wildman–Crippen LogP) is 4.02. The Morgan fingerprint density at radius 1 is 1.07 bits per heavy atom. The molecule has 40 heavy (non-hydrogen) atoms. The minimum atomic E-state index is -0.555. The van der Waals surface area contributed by atoms with E-state index in [1.807, 2.05) is 53.2 Å². The number of hydrogen-bond acceptors (Lipinski definition) is 6. The maximum atomic E-state index is 13.3. The van der Waals surface area contributed by atoms with E-state index in [1.54, 1.807) is 41.2 Å². The standard InChI is InChI=1S/C30H27N5O4S/c1-30-12-21(29(38)32-14-18-10-20-15-31-8-9-34(20)17-18)35(26(30)13-30)27(36)16-33-28(37)19-6-7-25-23(11-19)39-22-4-2-3-5-24(22)40-25/h2-11,15,17,21,26H,12-14,16H2,1H3,(H,32,38)(H,33,37)/t21-,26?,30-/m0/s1. The molecule has 0 spiro atoms. The molecule has 10 heteroatoms. The lowest BCUT2D eigenvalue weighted by molar-refractivity contribution is -0.139. The summed E-state index contributed by atoms with van der Waals surface area (Å²) in [5, 5.41) is 5.75. The second-order valence-electron chi connectivity index (χ2n) is 10.9. The highest BCUT2D eigenvalue weighted by atomic mass is 32.2. The monoisotopic (exact) mass is 553 g/mol. The summed E-state index contributed by atoms with van der Waals surface area (Å²) >= 11 is 1.59. The first-order valence-electron chi connectivity index (χ1n) is 13.2. The van der Waals surface area contributed by atoms with Gasteiger partial charge in [-0.1, -0.05) is 30.8 Å². The van der Waals surface area contributed by atoms with E-state index in [2.05, 4.69) is 22.5 Å². The van der Waals surface area contributed by atoms with Gasteiger partial charge in [0.2, 0.25) is 11.8 Å². The Bertz CT molecular complexity index is 1650. The van der Waals surface area contributed by atoms with Crippen molar-refractivity contribution in [2.45, 2.75) is 48.2 Å². The third-order valence-corrected chi connectivity index (χ3v) is 9.16. The summed E-state index contributed by atoms with van der Waals surface area (Å²) in [7, 11) is 0. The molecule has 3 atom stereocenters. The zero-order chi connectivity index (χ0) is 27.4. The number of amides is 3. The third kappa shape index (κ3) is 4.38. The number of benzene rings is 2. The predicted molar refractivity (Wildman–Crippen MR) is 148 cm³/mol. The fourth-order valence-corrected chi connectivity index (χ4v) is 6.73. The summed E-state index contributed by atoms with van der Waals surface area (Å²) in [6.07, 6.45) is 8.77. The van der Waals surface area contributed by atoms with Crippen LogP contribution in [0.15, 0.2) is 83.1 Å². The Hall–Kier alpha value is -4.31. The number of hydrogen-bond donors (Lipinski definition) is 2. The number of carbonyl (C=O) groups is 3. The van der Waals surface area contributed by atoms with E-state index in [0.717, 1.165) is 33.0 Å². The van der Waals surface area contributed by atoms with E-state index in [9.17, 15) is 14.4 Å². The van der Waals surface area contributed by atoms with Gasteiger partial charge in [0.15, 0.2) is 0 Å². The van der Waals surface area contributed by atoms with Gasteiger partial charge in [0.05, 0.1) is 28.0 Å². The van der Waals surface area contributed by atoms with E-state index in [4.69, 9.17) is 4.74 Å². The van der Waals surface area contributed by atoms with Gasteiger partial charge in [-0.15, -0.1) is 0 Å². The molecule has 1 saturated heterocycles. The van der Waals surface area contributed by atoms with Crippen LogP contribution in [0.25, 0.3) is 5.52 Å². The van der Waals surface area contributed by atoms with E-state index in [0.29, 0.717) is 24.3 Å². The van der Waals surface area contributed by atoms with Crippen molar-refractivity contribution in [3.05, 3.63) is 84.4 Å². The molecule has 1 aliphatic carbocycles. The Kier molecular flexibility index (Phi) is 5.81. The molecular weight excluding hydrogens is 526 g/mol. The molecule has 2 N–H and O–H groups in total. The molecule has 202 valence electrons. The second-order valence-corrected chi connectivity index (χ2v) is 11.9. The summed E-state index contributed by atoms with van der Waals surface area (Å²) in [5.74, 6) is 0.573. The van der Waals surface area contributed by atoms with Crippen molar-refractivity contribution in [1.29, 1.82) is 0 Å². The molecule has 3 aliphatic rings. The van der Waals surface area contributed by atoms with Gasteiger partial charge in [-0.05, 0) is 60.2 Å². The van der Waals surface area contributed by atoms with Gasteiger partial charge in [0, 0.05) is 36.7 Å². The lowest BCUT2D eigenvalue weighted by atomic mass is 10.0. The van der Waals surface area contributed by atoms with Gasteiger partial charge >= 0.3 is 0 Å². The molecule has 7 rings (SSSR count). The number of carbonyl (C=O) groups excluding carboxylic acids is 3. The van der Waals surface area contributed by atoms with E-state index >= 15 is 0 Å². The summed E-state index contributed by atoms with van der Waals surface area (Å²) in [4.78, 5) is 47.3. The largest absolute Gasteiger partial charge is 0.455 e. The van der Waals surface area contributed by atoms with E-state index in [1.165, 1.54) is 0 Å². The van der Waals surface area contributed by atoms with Crippen LogP contribution in [-0.2, 0) is 16.1 Å². The highest BCUT2D eigenvalue weighted by Crippen LogP contribution is 2.59. The average Bonchev–Trinajstić information content (AvgIpc) is 3.30.